The predicted molar refractivity (Wildman–Crippen MR) is 92.4 cm³/mol. The van der Waals surface area contributed by atoms with Crippen LogP contribution in [0.1, 0.15) is 25.7 Å². The van der Waals surface area contributed by atoms with Gasteiger partial charge in [0.2, 0.25) is 0 Å². The molecule has 3 fully saturated rings. The molecule has 3 saturated heterocycles. The third-order valence-electron chi connectivity index (χ3n) is 6.36. The number of anilines is 1. The first-order valence-corrected chi connectivity index (χ1v) is 9.07. The average molecular weight is 317 g/mol. The molecule has 4 heteroatoms. The lowest BCUT2D eigenvalue weighted by molar-refractivity contribution is 0.0844. The third-order valence-corrected chi connectivity index (χ3v) is 6.36. The van der Waals surface area contributed by atoms with Crippen LogP contribution in [0.2, 0.25) is 0 Å². The maximum Gasteiger partial charge on any atom is 0.123 e. The van der Waals surface area contributed by atoms with E-state index in [1.165, 1.54) is 57.5 Å². The Kier molecular flexibility index (Phi) is 4.06. The second kappa shape index (κ2) is 6.06. The summed E-state index contributed by atoms with van der Waals surface area (Å²) in [6.45, 7) is 7.29. The van der Waals surface area contributed by atoms with Gasteiger partial charge in [0.1, 0.15) is 5.82 Å². The molecule has 4 rings (SSSR count). The first-order chi connectivity index (χ1) is 11.1. The van der Waals surface area contributed by atoms with Gasteiger partial charge in [0, 0.05) is 31.4 Å². The summed E-state index contributed by atoms with van der Waals surface area (Å²) in [7, 11) is 2.26. The van der Waals surface area contributed by atoms with Gasteiger partial charge < -0.3 is 9.80 Å². The van der Waals surface area contributed by atoms with Crippen molar-refractivity contribution < 1.29 is 4.39 Å². The molecule has 0 saturated carbocycles. The second-order valence-electron chi connectivity index (χ2n) is 7.89. The first-order valence-electron chi connectivity index (χ1n) is 9.07. The topological polar surface area (TPSA) is 9.72 Å². The molecule has 0 aliphatic carbocycles. The Morgan fingerprint density at radius 2 is 1.70 bits per heavy atom. The minimum atomic E-state index is -0.146. The van der Waals surface area contributed by atoms with Gasteiger partial charge in [0.25, 0.3) is 0 Å². The number of rotatable bonds is 2. The van der Waals surface area contributed by atoms with Crippen molar-refractivity contribution in [3.63, 3.8) is 0 Å². The molecule has 23 heavy (non-hydrogen) atoms. The van der Waals surface area contributed by atoms with Crippen LogP contribution in [-0.2, 0) is 0 Å². The maximum absolute atomic E-state index is 13.1. The van der Waals surface area contributed by atoms with Gasteiger partial charge in [-0.05, 0) is 82.0 Å². The van der Waals surface area contributed by atoms with E-state index in [0.717, 1.165) is 13.1 Å². The molecular formula is C19H28FN3. The van der Waals surface area contributed by atoms with Crippen LogP contribution in [0.25, 0.3) is 0 Å². The molecule has 0 N–H and O–H groups in total. The van der Waals surface area contributed by atoms with Crippen molar-refractivity contribution in [1.29, 1.82) is 0 Å². The van der Waals surface area contributed by atoms with E-state index in [2.05, 4.69) is 21.7 Å². The summed E-state index contributed by atoms with van der Waals surface area (Å²) in [6.07, 6.45) is 5.36. The lowest BCUT2D eigenvalue weighted by atomic mass is 9.77. The van der Waals surface area contributed by atoms with Gasteiger partial charge in [-0.15, -0.1) is 0 Å². The molecule has 3 heterocycles. The lowest BCUT2D eigenvalue weighted by Gasteiger charge is -2.41. The summed E-state index contributed by atoms with van der Waals surface area (Å²) < 4.78 is 13.1. The Hall–Kier alpha value is -1.13. The largest absolute Gasteiger partial charge is 0.370 e. The lowest BCUT2D eigenvalue weighted by Crippen LogP contribution is -2.47. The minimum absolute atomic E-state index is 0.146. The average Bonchev–Trinajstić information content (AvgIpc) is 3.17. The van der Waals surface area contributed by atoms with Crippen molar-refractivity contribution in [1.82, 2.24) is 9.80 Å². The summed E-state index contributed by atoms with van der Waals surface area (Å²) in [5, 5.41) is 0. The summed E-state index contributed by atoms with van der Waals surface area (Å²) in [4.78, 5) is 7.63. The second-order valence-corrected chi connectivity index (χ2v) is 7.89. The van der Waals surface area contributed by atoms with E-state index in [1.54, 1.807) is 12.1 Å². The molecule has 1 aromatic rings. The van der Waals surface area contributed by atoms with E-state index >= 15 is 0 Å². The monoisotopic (exact) mass is 317 g/mol. The van der Waals surface area contributed by atoms with Gasteiger partial charge in [-0.25, -0.2) is 4.39 Å². The molecule has 1 aromatic carbocycles. The molecule has 126 valence electrons. The van der Waals surface area contributed by atoms with Gasteiger partial charge in [0.05, 0.1) is 0 Å². The van der Waals surface area contributed by atoms with Gasteiger partial charge >= 0.3 is 0 Å². The van der Waals surface area contributed by atoms with Crippen LogP contribution in [0.5, 0.6) is 0 Å². The van der Waals surface area contributed by atoms with Crippen LogP contribution in [0.4, 0.5) is 10.1 Å². The maximum atomic E-state index is 13.1. The zero-order valence-corrected chi connectivity index (χ0v) is 14.2. The highest BCUT2D eigenvalue weighted by Gasteiger charge is 2.41. The highest BCUT2D eigenvalue weighted by Crippen LogP contribution is 2.40. The van der Waals surface area contributed by atoms with Gasteiger partial charge in [0.15, 0.2) is 0 Å². The number of hydrogen-bond donors (Lipinski definition) is 0. The number of benzene rings is 1. The molecule has 0 bridgehead atoms. The predicted octanol–water partition coefficient (Wildman–Crippen LogP) is 2.82. The molecule has 3 aliphatic heterocycles. The van der Waals surface area contributed by atoms with Gasteiger partial charge in [-0.1, -0.05) is 0 Å². The summed E-state index contributed by atoms with van der Waals surface area (Å²) in [6, 6.07) is 7.65. The Morgan fingerprint density at radius 1 is 1.00 bits per heavy atom. The summed E-state index contributed by atoms with van der Waals surface area (Å²) in [5.41, 5.74) is 1.78. The smallest absolute Gasteiger partial charge is 0.123 e. The standard InChI is InChI=1S/C19H28FN3/c1-21-11-7-19(15-21)8-12-22(13-9-19)18-6-10-23(14-18)17-4-2-16(20)3-5-17/h2-5,18H,6-15H2,1H3/t18-/m1/s1. The van der Waals surface area contributed by atoms with Gasteiger partial charge in [-0.3, -0.25) is 4.90 Å². The van der Waals surface area contributed by atoms with E-state index < -0.39 is 0 Å². The molecular weight excluding hydrogens is 289 g/mol. The molecule has 0 unspecified atom stereocenters. The number of nitrogens with zero attached hydrogens (tertiary/aromatic N) is 3. The summed E-state index contributed by atoms with van der Waals surface area (Å²) in [5.74, 6) is -0.146. The Morgan fingerprint density at radius 3 is 2.35 bits per heavy atom. The number of hydrogen-bond acceptors (Lipinski definition) is 3. The molecule has 0 aromatic heterocycles. The minimum Gasteiger partial charge on any atom is -0.370 e. The fraction of sp³-hybridized carbons (Fsp3) is 0.684. The quantitative estimate of drug-likeness (QED) is 0.830. The molecule has 0 radical (unpaired) electrons. The Bertz CT molecular complexity index is 536. The number of halogens is 1. The van der Waals surface area contributed by atoms with Crippen molar-refractivity contribution in [3.05, 3.63) is 30.1 Å². The van der Waals surface area contributed by atoms with Crippen molar-refractivity contribution in [2.45, 2.75) is 31.7 Å². The SMILES string of the molecule is CN1CCC2(CCN([C@@H]3CCN(c4ccc(F)cc4)C3)CC2)C1. The fourth-order valence-corrected chi connectivity index (χ4v) is 4.86. The Balaban J connectivity index is 1.33. The zero-order valence-electron chi connectivity index (χ0n) is 14.2. The van der Waals surface area contributed by atoms with Crippen molar-refractivity contribution in [3.8, 4) is 0 Å². The summed E-state index contributed by atoms with van der Waals surface area (Å²) >= 11 is 0. The van der Waals surface area contributed by atoms with Crippen LogP contribution in [0, 0.1) is 11.2 Å². The van der Waals surface area contributed by atoms with E-state index in [4.69, 9.17) is 0 Å². The number of likely N-dealkylation sites (tertiary alicyclic amines) is 2. The van der Waals surface area contributed by atoms with E-state index in [0.29, 0.717) is 11.5 Å². The van der Waals surface area contributed by atoms with Crippen LogP contribution in [0.15, 0.2) is 24.3 Å². The van der Waals surface area contributed by atoms with Crippen LogP contribution < -0.4 is 4.90 Å². The zero-order chi connectivity index (χ0) is 15.9. The van der Waals surface area contributed by atoms with Crippen molar-refractivity contribution in [2.24, 2.45) is 5.41 Å². The normalized spacial score (nSPS) is 28.8. The Labute approximate surface area is 139 Å². The first kappa shape index (κ1) is 15.4. The van der Waals surface area contributed by atoms with Crippen LogP contribution >= 0.6 is 0 Å². The van der Waals surface area contributed by atoms with Crippen molar-refractivity contribution >= 4 is 5.69 Å². The number of piperidine rings is 1. The van der Waals surface area contributed by atoms with E-state index in [9.17, 15) is 4.39 Å². The third kappa shape index (κ3) is 3.11. The van der Waals surface area contributed by atoms with Crippen LogP contribution in [-0.4, -0.2) is 62.2 Å². The molecule has 0 amide bonds. The fourth-order valence-electron chi connectivity index (χ4n) is 4.86. The van der Waals surface area contributed by atoms with E-state index in [1.807, 2.05) is 12.1 Å². The van der Waals surface area contributed by atoms with Crippen molar-refractivity contribution in [2.75, 3.05) is 51.2 Å². The highest BCUT2D eigenvalue weighted by atomic mass is 19.1. The van der Waals surface area contributed by atoms with Gasteiger partial charge in [-0.2, -0.15) is 0 Å². The van der Waals surface area contributed by atoms with Crippen LogP contribution in [0.3, 0.4) is 0 Å². The molecule has 1 spiro atoms. The van der Waals surface area contributed by atoms with E-state index in [-0.39, 0.29) is 5.82 Å². The molecule has 1 atom stereocenters. The molecule has 3 nitrogen and oxygen atoms in total. The molecule has 3 aliphatic rings. The highest BCUT2D eigenvalue weighted by molar-refractivity contribution is 5.47.